The lowest BCUT2D eigenvalue weighted by Gasteiger charge is -2.62. The number of carbonyl (C=O) groups is 2. The maximum atomic E-state index is 16.9. The molecule has 0 aromatic heterocycles. The van der Waals surface area contributed by atoms with Crippen LogP contribution in [0.2, 0.25) is 0 Å². The van der Waals surface area contributed by atoms with Gasteiger partial charge in [0.15, 0.2) is 17.2 Å². The van der Waals surface area contributed by atoms with E-state index in [1.165, 1.54) is 12.2 Å². The van der Waals surface area contributed by atoms with Gasteiger partial charge in [0.1, 0.15) is 12.2 Å². The molecule has 0 radical (unpaired) electrons. The van der Waals surface area contributed by atoms with Crippen LogP contribution in [0.4, 0.5) is 4.39 Å². The van der Waals surface area contributed by atoms with Crippen molar-refractivity contribution in [2.75, 3.05) is 6.61 Å². The lowest BCUT2D eigenvalue weighted by atomic mass is 9.44. The van der Waals surface area contributed by atoms with Crippen molar-refractivity contribution in [3.63, 3.8) is 0 Å². The van der Waals surface area contributed by atoms with Gasteiger partial charge in [0.25, 0.3) is 0 Å². The fourth-order valence-electron chi connectivity index (χ4n) is 7.26. The molecule has 0 spiro atoms. The van der Waals surface area contributed by atoms with Gasteiger partial charge in [-0.1, -0.05) is 25.5 Å². The molecule has 6 heteroatoms. The van der Waals surface area contributed by atoms with E-state index in [2.05, 4.69) is 0 Å². The van der Waals surface area contributed by atoms with Crippen molar-refractivity contribution in [2.24, 2.45) is 28.6 Å². The molecule has 0 aromatic carbocycles. The minimum atomic E-state index is -1.98. The van der Waals surface area contributed by atoms with Crippen LogP contribution in [-0.4, -0.2) is 50.9 Å². The van der Waals surface area contributed by atoms with Crippen LogP contribution in [0, 0.1) is 28.6 Å². The van der Waals surface area contributed by atoms with Gasteiger partial charge in [-0.15, -0.1) is 0 Å². The molecule has 3 fully saturated rings. The largest absolute Gasteiger partial charge is 0.390 e. The number of fused-ring (bicyclic) bond motifs is 5. The molecule has 4 rings (SSSR count). The van der Waals surface area contributed by atoms with E-state index in [9.17, 15) is 24.9 Å². The highest BCUT2D eigenvalue weighted by Crippen LogP contribution is 2.70. The van der Waals surface area contributed by atoms with Gasteiger partial charge in [-0.05, 0) is 56.6 Å². The molecule has 0 aliphatic heterocycles. The number of halogens is 1. The van der Waals surface area contributed by atoms with Crippen LogP contribution in [0.1, 0.15) is 46.5 Å². The van der Waals surface area contributed by atoms with Crippen molar-refractivity contribution in [1.82, 2.24) is 0 Å². The first kappa shape index (κ1) is 19.9. The molecule has 8 atom stereocenters. The van der Waals surface area contributed by atoms with Crippen molar-refractivity contribution in [1.29, 1.82) is 0 Å². The first-order chi connectivity index (χ1) is 13.0. The lowest BCUT2D eigenvalue weighted by molar-refractivity contribution is -0.219. The van der Waals surface area contributed by atoms with Crippen LogP contribution >= 0.6 is 0 Å². The van der Waals surface area contributed by atoms with E-state index in [0.717, 1.165) is 0 Å². The number of Topliss-reactive ketones (excluding diaryl/α,β-unsaturated/α-hetero) is 1. The van der Waals surface area contributed by atoms with Crippen molar-refractivity contribution in [3.05, 3.63) is 23.8 Å². The number of alkyl halides is 1. The fourth-order valence-corrected chi connectivity index (χ4v) is 7.26. The summed E-state index contributed by atoms with van der Waals surface area (Å²) in [5, 5.41) is 32.0. The van der Waals surface area contributed by atoms with E-state index in [0.29, 0.717) is 24.8 Å². The minimum Gasteiger partial charge on any atom is -0.390 e. The Kier molecular flexibility index (Phi) is 4.15. The quantitative estimate of drug-likeness (QED) is 0.667. The smallest absolute Gasteiger partial charge is 0.190 e. The van der Waals surface area contributed by atoms with E-state index >= 15 is 4.39 Å². The Labute approximate surface area is 164 Å². The molecule has 28 heavy (non-hydrogen) atoms. The summed E-state index contributed by atoms with van der Waals surface area (Å²) >= 11 is 0. The van der Waals surface area contributed by atoms with E-state index < -0.39 is 52.4 Å². The van der Waals surface area contributed by atoms with Gasteiger partial charge in [-0.3, -0.25) is 9.59 Å². The molecule has 5 nitrogen and oxygen atoms in total. The van der Waals surface area contributed by atoms with Crippen LogP contribution in [0.5, 0.6) is 0 Å². The summed E-state index contributed by atoms with van der Waals surface area (Å²) in [7, 11) is 0. The SMILES string of the molecule is C[C@H]1C[C@@H]2[C@H]3CCC4=CC(=O)C=C[C@@]4(C)C3(F)[C@H](O)C[C@@]2(C)[C@]1(O)C(=O)CO. The topological polar surface area (TPSA) is 94.8 Å². The van der Waals surface area contributed by atoms with E-state index in [4.69, 9.17) is 0 Å². The Morgan fingerprint density at radius 2 is 2.00 bits per heavy atom. The highest BCUT2D eigenvalue weighted by atomic mass is 19.1. The number of allylic oxidation sites excluding steroid dienone is 4. The number of carbonyl (C=O) groups excluding carboxylic acids is 2. The van der Waals surface area contributed by atoms with Gasteiger partial charge < -0.3 is 15.3 Å². The lowest BCUT2D eigenvalue weighted by Crippen LogP contribution is -2.69. The second-order valence-corrected chi connectivity index (χ2v) is 9.75. The summed E-state index contributed by atoms with van der Waals surface area (Å²) in [5.41, 5.74) is -5.17. The molecule has 0 aromatic rings. The molecular formula is C22H29FO5. The summed E-state index contributed by atoms with van der Waals surface area (Å²) in [6, 6.07) is 0. The Balaban J connectivity index is 1.84. The second-order valence-electron chi connectivity index (χ2n) is 9.75. The van der Waals surface area contributed by atoms with Crippen LogP contribution in [0.15, 0.2) is 23.8 Å². The Hall–Kier alpha value is -1.37. The third kappa shape index (κ3) is 2.01. The van der Waals surface area contributed by atoms with Crippen LogP contribution < -0.4 is 0 Å². The highest BCUT2D eigenvalue weighted by Gasteiger charge is 2.75. The third-order valence-corrected chi connectivity index (χ3v) is 8.79. The first-order valence-electron chi connectivity index (χ1n) is 10.1. The van der Waals surface area contributed by atoms with Gasteiger partial charge in [0, 0.05) is 16.7 Å². The summed E-state index contributed by atoms with van der Waals surface area (Å²) in [4.78, 5) is 24.4. The Bertz CT molecular complexity index is 805. The maximum Gasteiger partial charge on any atom is 0.190 e. The van der Waals surface area contributed by atoms with Crippen molar-refractivity contribution < 1.29 is 29.3 Å². The first-order valence-corrected chi connectivity index (χ1v) is 10.1. The molecule has 3 saturated carbocycles. The number of ketones is 2. The zero-order chi connectivity index (χ0) is 20.7. The van der Waals surface area contributed by atoms with Gasteiger partial charge in [-0.25, -0.2) is 4.39 Å². The normalized spacial score (nSPS) is 52.5. The zero-order valence-electron chi connectivity index (χ0n) is 16.6. The molecule has 0 bridgehead atoms. The van der Waals surface area contributed by atoms with Crippen molar-refractivity contribution in [3.8, 4) is 0 Å². The van der Waals surface area contributed by atoms with Gasteiger partial charge in [0.2, 0.25) is 0 Å². The summed E-state index contributed by atoms with van der Waals surface area (Å²) in [6.07, 6.45) is 4.44. The van der Waals surface area contributed by atoms with E-state index in [1.807, 2.05) is 0 Å². The average Bonchev–Trinajstić information content (AvgIpc) is 2.84. The molecule has 0 amide bonds. The molecule has 3 N–H and O–H groups in total. The number of aliphatic hydroxyl groups excluding tert-OH is 2. The second kappa shape index (κ2) is 5.83. The Morgan fingerprint density at radius 1 is 1.32 bits per heavy atom. The third-order valence-electron chi connectivity index (χ3n) is 8.79. The van der Waals surface area contributed by atoms with Crippen molar-refractivity contribution in [2.45, 2.75) is 63.8 Å². The monoisotopic (exact) mass is 392 g/mol. The molecule has 0 heterocycles. The van der Waals surface area contributed by atoms with E-state index in [-0.39, 0.29) is 18.1 Å². The number of aliphatic hydroxyl groups is 3. The molecule has 0 saturated heterocycles. The zero-order valence-corrected chi connectivity index (χ0v) is 16.6. The molecular weight excluding hydrogens is 363 g/mol. The molecule has 1 unspecified atom stereocenters. The summed E-state index contributed by atoms with van der Waals surface area (Å²) < 4.78 is 16.9. The van der Waals surface area contributed by atoms with Gasteiger partial charge in [0.05, 0.1) is 6.10 Å². The van der Waals surface area contributed by atoms with Crippen LogP contribution in [0.25, 0.3) is 0 Å². The number of rotatable bonds is 2. The average molecular weight is 392 g/mol. The van der Waals surface area contributed by atoms with Crippen LogP contribution in [0.3, 0.4) is 0 Å². The molecule has 154 valence electrons. The predicted octanol–water partition coefficient (Wildman–Crippen LogP) is 1.90. The Morgan fingerprint density at radius 3 is 2.64 bits per heavy atom. The standard InChI is InChI=1S/C22H29FO5/c1-12-8-16-15-5-4-13-9-14(25)6-7-19(13,2)21(15,23)17(26)10-20(16,3)22(12,28)18(27)11-24/h6-7,9,12,15-17,24,26,28H,4-5,8,10-11H2,1-3H3/t12-,15+,16+,17+,19+,20+,21?,22+/m0/s1. The molecule has 4 aliphatic carbocycles. The molecule has 4 aliphatic rings. The fraction of sp³-hybridized carbons (Fsp3) is 0.727. The van der Waals surface area contributed by atoms with Gasteiger partial charge >= 0.3 is 0 Å². The number of hydrogen-bond acceptors (Lipinski definition) is 5. The van der Waals surface area contributed by atoms with E-state index in [1.54, 1.807) is 26.8 Å². The van der Waals surface area contributed by atoms with Gasteiger partial charge in [-0.2, -0.15) is 0 Å². The number of hydrogen-bond donors (Lipinski definition) is 3. The minimum absolute atomic E-state index is 0.0676. The van der Waals surface area contributed by atoms with Crippen LogP contribution in [-0.2, 0) is 9.59 Å². The summed E-state index contributed by atoms with van der Waals surface area (Å²) in [5.74, 6) is -2.12. The maximum absolute atomic E-state index is 16.9. The highest BCUT2D eigenvalue weighted by molar-refractivity contribution is 6.01. The van der Waals surface area contributed by atoms with Crippen molar-refractivity contribution >= 4 is 11.6 Å². The predicted molar refractivity (Wildman–Crippen MR) is 99.9 cm³/mol. The summed E-state index contributed by atoms with van der Waals surface area (Å²) in [6.45, 7) is 4.48.